The minimum absolute atomic E-state index is 0.169. The SMILES string of the molecule is Cc1ccc[n+]([C@@H](C(=O)c2ccccc2Cl)C([S-])=NCc2ccccc2)c1. The van der Waals surface area contributed by atoms with Crippen molar-refractivity contribution in [3.8, 4) is 0 Å². The molecule has 0 saturated carbocycles. The van der Waals surface area contributed by atoms with Crippen LogP contribution in [0, 0.1) is 6.92 Å². The van der Waals surface area contributed by atoms with E-state index in [4.69, 9.17) is 24.2 Å². The van der Waals surface area contributed by atoms with Gasteiger partial charge < -0.3 is 17.6 Å². The number of aliphatic imine (C=N–C) groups is 1. The maximum absolute atomic E-state index is 13.3. The van der Waals surface area contributed by atoms with E-state index < -0.39 is 6.04 Å². The number of carbonyl (C=O) groups excluding carboxylic acids is 1. The molecule has 0 aliphatic heterocycles. The summed E-state index contributed by atoms with van der Waals surface area (Å²) in [4.78, 5) is 17.8. The third kappa shape index (κ3) is 4.79. The number of aromatic nitrogens is 1. The van der Waals surface area contributed by atoms with Crippen LogP contribution in [0.5, 0.6) is 0 Å². The van der Waals surface area contributed by atoms with Crippen molar-refractivity contribution in [3.63, 3.8) is 0 Å². The summed E-state index contributed by atoms with van der Waals surface area (Å²) in [5.74, 6) is -0.169. The number of aryl methyl sites for hydroxylation is 1. The second-order valence-corrected chi connectivity index (χ2v) is 7.04. The molecule has 0 N–H and O–H groups in total. The molecule has 0 spiro atoms. The average molecular weight is 395 g/mol. The van der Waals surface area contributed by atoms with Crippen LogP contribution in [0.1, 0.15) is 27.5 Å². The van der Waals surface area contributed by atoms with Crippen molar-refractivity contribution in [2.75, 3.05) is 0 Å². The number of nitrogens with zero attached hydrogens (tertiary/aromatic N) is 2. The van der Waals surface area contributed by atoms with Crippen molar-refractivity contribution in [1.29, 1.82) is 0 Å². The second-order valence-electron chi connectivity index (χ2n) is 6.22. The summed E-state index contributed by atoms with van der Waals surface area (Å²) in [5.41, 5.74) is 2.51. The Kier molecular flexibility index (Phi) is 6.32. The van der Waals surface area contributed by atoms with Crippen LogP contribution in [-0.4, -0.2) is 10.8 Å². The van der Waals surface area contributed by atoms with E-state index in [9.17, 15) is 4.79 Å². The molecule has 0 bridgehead atoms. The fourth-order valence-corrected chi connectivity index (χ4v) is 3.32. The molecule has 3 aromatic rings. The molecule has 0 aliphatic rings. The first-order chi connectivity index (χ1) is 13.1. The number of hydrogen-bond donors (Lipinski definition) is 0. The molecule has 0 radical (unpaired) electrons. The molecule has 2 aromatic carbocycles. The zero-order valence-electron chi connectivity index (χ0n) is 14.9. The normalized spacial score (nSPS) is 12.6. The monoisotopic (exact) mass is 394 g/mol. The third-order valence-corrected chi connectivity index (χ3v) is 4.83. The first kappa shape index (κ1) is 19.2. The lowest BCUT2D eigenvalue weighted by Crippen LogP contribution is -2.48. The van der Waals surface area contributed by atoms with E-state index in [-0.39, 0.29) is 5.78 Å². The molecule has 0 saturated heterocycles. The highest BCUT2D eigenvalue weighted by molar-refractivity contribution is 7.77. The topological polar surface area (TPSA) is 33.3 Å². The van der Waals surface area contributed by atoms with E-state index in [1.165, 1.54) is 0 Å². The number of pyridine rings is 1. The Hall–Kier alpha value is -2.56. The Balaban J connectivity index is 1.99. The molecule has 3 nitrogen and oxygen atoms in total. The van der Waals surface area contributed by atoms with E-state index in [2.05, 4.69) is 4.99 Å². The highest BCUT2D eigenvalue weighted by atomic mass is 35.5. The first-order valence-electron chi connectivity index (χ1n) is 8.57. The average Bonchev–Trinajstić information content (AvgIpc) is 2.68. The van der Waals surface area contributed by atoms with Crippen LogP contribution in [0.4, 0.5) is 0 Å². The minimum atomic E-state index is -0.719. The summed E-state index contributed by atoms with van der Waals surface area (Å²) < 4.78 is 1.80. The summed E-state index contributed by atoms with van der Waals surface area (Å²) >= 11 is 11.8. The molecule has 0 amide bonds. The number of halogens is 1. The molecule has 1 atom stereocenters. The molecule has 27 heavy (non-hydrogen) atoms. The molecular weight excluding hydrogens is 376 g/mol. The van der Waals surface area contributed by atoms with Crippen LogP contribution in [0.25, 0.3) is 0 Å². The van der Waals surface area contributed by atoms with E-state index in [0.717, 1.165) is 11.1 Å². The zero-order valence-corrected chi connectivity index (χ0v) is 16.5. The van der Waals surface area contributed by atoms with Crippen molar-refractivity contribution in [2.24, 2.45) is 4.99 Å². The van der Waals surface area contributed by atoms with Gasteiger partial charge in [-0.2, -0.15) is 4.57 Å². The Morgan fingerprint density at radius 2 is 1.78 bits per heavy atom. The van der Waals surface area contributed by atoms with Crippen molar-refractivity contribution >= 4 is 35.1 Å². The maximum atomic E-state index is 13.3. The number of benzene rings is 2. The van der Waals surface area contributed by atoms with Gasteiger partial charge >= 0.3 is 0 Å². The largest absolute Gasteiger partial charge is 0.758 e. The predicted molar refractivity (Wildman–Crippen MR) is 111 cm³/mol. The highest BCUT2D eigenvalue weighted by Crippen LogP contribution is 2.20. The van der Waals surface area contributed by atoms with Crippen molar-refractivity contribution in [2.45, 2.75) is 19.5 Å². The van der Waals surface area contributed by atoms with Gasteiger partial charge in [-0.1, -0.05) is 54.1 Å². The molecule has 0 fully saturated rings. The smallest absolute Gasteiger partial charge is 0.237 e. The van der Waals surface area contributed by atoms with Gasteiger partial charge in [0, 0.05) is 17.2 Å². The molecule has 5 heteroatoms. The predicted octanol–water partition coefficient (Wildman–Crippen LogP) is 4.51. The lowest BCUT2D eigenvalue weighted by Gasteiger charge is -2.19. The zero-order chi connectivity index (χ0) is 19.2. The van der Waals surface area contributed by atoms with Crippen molar-refractivity contribution in [1.82, 2.24) is 0 Å². The van der Waals surface area contributed by atoms with E-state index in [1.54, 1.807) is 28.8 Å². The van der Waals surface area contributed by atoms with Crippen LogP contribution < -0.4 is 4.57 Å². The number of hydrogen-bond acceptors (Lipinski definition) is 3. The van der Waals surface area contributed by atoms with Gasteiger partial charge in [0.15, 0.2) is 12.4 Å². The minimum Gasteiger partial charge on any atom is -0.758 e. The van der Waals surface area contributed by atoms with Gasteiger partial charge in [0.2, 0.25) is 11.8 Å². The van der Waals surface area contributed by atoms with Crippen LogP contribution in [0.3, 0.4) is 0 Å². The van der Waals surface area contributed by atoms with E-state index in [0.29, 0.717) is 22.2 Å². The molecule has 1 heterocycles. The summed E-state index contributed by atoms with van der Waals surface area (Å²) in [6, 6.07) is 20.0. The lowest BCUT2D eigenvalue weighted by molar-refractivity contribution is -0.692. The van der Waals surface area contributed by atoms with Gasteiger partial charge in [0.25, 0.3) is 0 Å². The molecule has 3 rings (SSSR count). The summed E-state index contributed by atoms with van der Waals surface area (Å²) in [5, 5.41) is 0.742. The van der Waals surface area contributed by atoms with Crippen LogP contribution >= 0.6 is 11.6 Å². The number of carbonyl (C=O) groups is 1. The van der Waals surface area contributed by atoms with Gasteiger partial charge in [0.05, 0.1) is 11.6 Å². The summed E-state index contributed by atoms with van der Waals surface area (Å²) in [6.07, 6.45) is 3.72. The Morgan fingerprint density at radius 3 is 2.48 bits per heavy atom. The second kappa shape index (κ2) is 8.89. The van der Waals surface area contributed by atoms with Crippen LogP contribution in [0.2, 0.25) is 5.02 Å². The molecule has 1 aromatic heterocycles. The van der Waals surface area contributed by atoms with Crippen molar-refractivity contribution < 1.29 is 9.36 Å². The number of ketones is 1. The van der Waals surface area contributed by atoms with Crippen LogP contribution in [0.15, 0.2) is 84.1 Å². The summed E-state index contributed by atoms with van der Waals surface area (Å²) in [7, 11) is 0. The van der Waals surface area contributed by atoms with Gasteiger partial charge in [-0.3, -0.25) is 4.79 Å². The highest BCUT2D eigenvalue weighted by Gasteiger charge is 2.29. The molecule has 136 valence electrons. The van der Waals surface area contributed by atoms with Crippen LogP contribution in [-0.2, 0) is 19.2 Å². The fourth-order valence-electron chi connectivity index (χ4n) is 2.80. The standard InChI is InChI=1S/C22H19ClN2OS/c1-16-8-7-13-25(15-16)20(21(26)18-11-5-6-12-19(18)23)22(27)24-14-17-9-3-2-4-10-17/h2-13,15,20H,14H2,1H3/t20-/m0/s1. The number of rotatable bonds is 6. The van der Waals surface area contributed by atoms with Crippen molar-refractivity contribution in [3.05, 3.63) is 101 Å². The third-order valence-electron chi connectivity index (χ3n) is 4.15. The molecule has 0 aliphatic carbocycles. The van der Waals surface area contributed by atoms with Gasteiger partial charge in [-0.25, -0.2) is 0 Å². The molecular formula is C22H19ClN2OS. The Labute approximate surface area is 169 Å². The van der Waals surface area contributed by atoms with E-state index >= 15 is 0 Å². The van der Waals surface area contributed by atoms with E-state index in [1.807, 2.05) is 61.8 Å². The van der Waals surface area contributed by atoms with Gasteiger partial charge in [-0.15, -0.1) is 0 Å². The number of Topliss-reactive ketones (excluding diaryl/α,β-unsaturated/α-hetero) is 1. The Morgan fingerprint density at radius 1 is 1.07 bits per heavy atom. The van der Waals surface area contributed by atoms with Gasteiger partial charge in [-0.05, 0) is 35.7 Å². The lowest BCUT2D eigenvalue weighted by atomic mass is 10.0. The van der Waals surface area contributed by atoms with Gasteiger partial charge in [0.1, 0.15) is 0 Å². The Bertz CT molecular complexity index is 973. The summed E-state index contributed by atoms with van der Waals surface area (Å²) in [6.45, 7) is 2.40. The fraction of sp³-hybridized carbons (Fsp3) is 0.136. The maximum Gasteiger partial charge on any atom is 0.237 e. The quantitative estimate of drug-likeness (QED) is 0.203. The molecule has 0 unspecified atom stereocenters. The first-order valence-corrected chi connectivity index (χ1v) is 9.36.